The van der Waals surface area contributed by atoms with E-state index in [1.807, 2.05) is 30.3 Å². The average Bonchev–Trinajstić information content (AvgIpc) is 3.11. The maximum Gasteiger partial charge on any atom is 0.360 e. The van der Waals surface area contributed by atoms with Gasteiger partial charge in [0, 0.05) is 18.6 Å². The number of nitrogens with zero attached hydrogens (tertiary/aromatic N) is 3. The molecule has 4 rings (SSSR count). The molecule has 0 saturated carbocycles. The van der Waals surface area contributed by atoms with Crippen LogP contribution < -0.4 is 4.74 Å². The van der Waals surface area contributed by atoms with Crippen LogP contribution >= 0.6 is 11.8 Å². The van der Waals surface area contributed by atoms with Crippen LogP contribution in [0.5, 0.6) is 5.75 Å². The number of fused-ring (bicyclic) bond motifs is 1. The molecule has 0 aliphatic carbocycles. The van der Waals surface area contributed by atoms with Crippen molar-refractivity contribution in [1.82, 2.24) is 4.90 Å². The highest BCUT2D eigenvalue weighted by atomic mass is 32.2. The zero-order valence-electron chi connectivity index (χ0n) is 16.8. The van der Waals surface area contributed by atoms with Crippen molar-refractivity contribution in [1.29, 1.82) is 0 Å². The number of esters is 1. The summed E-state index contributed by atoms with van der Waals surface area (Å²) < 4.78 is 5.39. The van der Waals surface area contributed by atoms with Crippen molar-refractivity contribution in [2.75, 3.05) is 0 Å². The maximum atomic E-state index is 12.9. The fourth-order valence-corrected chi connectivity index (χ4v) is 4.76. The van der Waals surface area contributed by atoms with Gasteiger partial charge in [-0.15, -0.1) is 0 Å². The first-order valence-electron chi connectivity index (χ1n) is 9.59. The number of allylic oxidation sites excluding steroid dienone is 1. The summed E-state index contributed by atoms with van der Waals surface area (Å²) in [6, 6.07) is 14.6. The Balaban J connectivity index is 1.47. The van der Waals surface area contributed by atoms with E-state index in [-0.39, 0.29) is 28.4 Å². The van der Waals surface area contributed by atoms with Crippen molar-refractivity contribution in [2.24, 2.45) is 4.99 Å². The smallest absolute Gasteiger partial charge is 0.360 e. The second-order valence-electron chi connectivity index (χ2n) is 7.34. The van der Waals surface area contributed by atoms with Gasteiger partial charge in [0.2, 0.25) is 0 Å². The van der Waals surface area contributed by atoms with Gasteiger partial charge in [-0.3, -0.25) is 24.8 Å². The van der Waals surface area contributed by atoms with E-state index in [1.54, 1.807) is 13.8 Å². The van der Waals surface area contributed by atoms with Gasteiger partial charge >= 0.3 is 5.97 Å². The SMILES string of the molecule is CC(C)=C(C(=O)Oc1ccc([N+](=O)[O-])cc1)N1C(=O)C2N=C(Cc3ccccc3)SC21. The van der Waals surface area contributed by atoms with E-state index >= 15 is 0 Å². The van der Waals surface area contributed by atoms with Crippen molar-refractivity contribution in [3.05, 3.63) is 81.5 Å². The van der Waals surface area contributed by atoms with E-state index in [9.17, 15) is 19.7 Å². The molecule has 9 heteroatoms. The third kappa shape index (κ3) is 4.09. The van der Waals surface area contributed by atoms with Crippen molar-refractivity contribution in [3.8, 4) is 5.75 Å². The molecule has 2 aromatic carbocycles. The minimum absolute atomic E-state index is 0.103. The number of carbonyl (C=O) groups excluding carboxylic acids is 2. The molecule has 2 aliphatic heterocycles. The lowest BCUT2D eigenvalue weighted by Gasteiger charge is -2.41. The van der Waals surface area contributed by atoms with Gasteiger partial charge in [-0.25, -0.2) is 4.79 Å². The molecule has 2 unspecified atom stereocenters. The number of β-lactam (4-membered cyclic amide) rings is 1. The topological polar surface area (TPSA) is 102 Å². The Kier molecular flexibility index (Phi) is 5.60. The number of carbonyl (C=O) groups is 2. The van der Waals surface area contributed by atoms with E-state index < -0.39 is 16.9 Å². The van der Waals surface area contributed by atoms with E-state index in [1.165, 1.54) is 40.9 Å². The molecule has 0 aromatic heterocycles. The molecule has 2 aliphatic rings. The largest absolute Gasteiger partial charge is 0.422 e. The first-order chi connectivity index (χ1) is 14.8. The number of aliphatic imine (C=N–C) groups is 1. The van der Waals surface area contributed by atoms with Crippen LogP contribution in [0.2, 0.25) is 0 Å². The lowest BCUT2D eigenvalue weighted by Crippen LogP contribution is -2.61. The number of benzene rings is 2. The highest BCUT2D eigenvalue weighted by molar-refractivity contribution is 8.14. The van der Waals surface area contributed by atoms with Gasteiger partial charge in [0.1, 0.15) is 16.8 Å². The third-order valence-electron chi connectivity index (χ3n) is 4.92. The van der Waals surface area contributed by atoms with Crippen molar-refractivity contribution in [2.45, 2.75) is 31.7 Å². The number of nitro groups is 1. The molecule has 1 saturated heterocycles. The van der Waals surface area contributed by atoms with Crippen molar-refractivity contribution in [3.63, 3.8) is 0 Å². The molecule has 2 heterocycles. The van der Waals surface area contributed by atoms with E-state index in [4.69, 9.17) is 4.74 Å². The molecule has 2 atom stereocenters. The predicted octanol–water partition coefficient (Wildman–Crippen LogP) is 3.72. The highest BCUT2D eigenvalue weighted by Gasteiger charge is 2.55. The van der Waals surface area contributed by atoms with Gasteiger partial charge in [-0.1, -0.05) is 42.1 Å². The molecule has 0 bridgehead atoms. The molecule has 31 heavy (non-hydrogen) atoms. The summed E-state index contributed by atoms with van der Waals surface area (Å²) in [4.78, 5) is 41.9. The third-order valence-corrected chi connectivity index (χ3v) is 6.15. The quantitative estimate of drug-likeness (QED) is 0.170. The number of nitro benzene ring substituents is 1. The van der Waals surface area contributed by atoms with Gasteiger partial charge in [0.25, 0.3) is 11.6 Å². The Morgan fingerprint density at radius 2 is 1.84 bits per heavy atom. The van der Waals surface area contributed by atoms with Crippen LogP contribution in [0.1, 0.15) is 19.4 Å². The summed E-state index contributed by atoms with van der Waals surface area (Å²) in [6.45, 7) is 3.47. The van der Waals surface area contributed by atoms with Gasteiger partial charge in [0.05, 0.1) is 9.97 Å². The Morgan fingerprint density at radius 3 is 2.45 bits per heavy atom. The summed E-state index contributed by atoms with van der Waals surface area (Å²) in [6.07, 6.45) is 0.636. The minimum atomic E-state index is -0.683. The van der Waals surface area contributed by atoms with Crippen molar-refractivity contribution < 1.29 is 19.2 Å². The second-order valence-corrected chi connectivity index (χ2v) is 8.53. The molecule has 2 aromatic rings. The number of rotatable bonds is 6. The molecular weight excluding hydrogens is 418 g/mol. The number of non-ortho nitro benzene ring substituents is 1. The Hall–Kier alpha value is -3.46. The van der Waals surface area contributed by atoms with Gasteiger partial charge in [-0.2, -0.15) is 0 Å². The first-order valence-corrected chi connectivity index (χ1v) is 10.5. The maximum absolute atomic E-state index is 12.9. The van der Waals surface area contributed by atoms with Gasteiger partial charge in [0.15, 0.2) is 6.04 Å². The molecule has 1 fully saturated rings. The van der Waals surface area contributed by atoms with Gasteiger partial charge in [-0.05, 0) is 37.1 Å². The second kappa shape index (κ2) is 8.35. The number of thioether (sulfide) groups is 1. The summed E-state index contributed by atoms with van der Waals surface area (Å²) >= 11 is 1.48. The lowest BCUT2D eigenvalue weighted by molar-refractivity contribution is -0.384. The van der Waals surface area contributed by atoms with E-state index in [0.717, 1.165) is 10.6 Å². The van der Waals surface area contributed by atoms with Crippen LogP contribution in [-0.2, 0) is 16.0 Å². The van der Waals surface area contributed by atoms with Crippen LogP contribution in [0.3, 0.4) is 0 Å². The Bertz CT molecular complexity index is 1110. The van der Waals surface area contributed by atoms with E-state index in [0.29, 0.717) is 12.0 Å². The summed E-state index contributed by atoms with van der Waals surface area (Å²) in [5.41, 5.74) is 1.81. The number of hydrogen-bond donors (Lipinski definition) is 0. The number of hydrogen-bond acceptors (Lipinski definition) is 7. The Morgan fingerprint density at radius 1 is 1.16 bits per heavy atom. The van der Waals surface area contributed by atoms with Gasteiger partial charge < -0.3 is 4.74 Å². The zero-order valence-corrected chi connectivity index (χ0v) is 17.7. The minimum Gasteiger partial charge on any atom is -0.422 e. The van der Waals surface area contributed by atoms with Crippen LogP contribution in [0.4, 0.5) is 5.69 Å². The van der Waals surface area contributed by atoms with Crippen molar-refractivity contribution >= 4 is 34.4 Å². The summed E-state index contributed by atoms with van der Waals surface area (Å²) in [7, 11) is 0. The van der Waals surface area contributed by atoms with E-state index in [2.05, 4.69) is 4.99 Å². The summed E-state index contributed by atoms with van der Waals surface area (Å²) in [5, 5.41) is 11.4. The zero-order chi connectivity index (χ0) is 22.1. The number of amides is 1. The number of likely N-dealkylation sites (tertiary alicyclic amines) is 1. The van der Waals surface area contributed by atoms with Crippen LogP contribution in [0, 0.1) is 10.1 Å². The fraction of sp³-hybridized carbons (Fsp3) is 0.227. The lowest BCUT2D eigenvalue weighted by atomic mass is 10.0. The average molecular weight is 437 g/mol. The standard InChI is InChI=1S/C22H19N3O5S/c1-13(2)19(22(27)30-16-10-8-15(9-11-16)25(28)29)24-20(26)18-21(24)31-17(23-18)12-14-6-4-3-5-7-14/h3-11,18,21H,12H2,1-2H3. The fourth-order valence-electron chi connectivity index (χ4n) is 3.44. The van der Waals surface area contributed by atoms with Crippen LogP contribution in [-0.4, -0.2) is 38.2 Å². The highest BCUT2D eigenvalue weighted by Crippen LogP contribution is 2.42. The molecule has 0 radical (unpaired) electrons. The molecule has 8 nitrogen and oxygen atoms in total. The first kappa shape index (κ1) is 20.8. The number of ether oxygens (including phenoxy) is 1. The molecule has 158 valence electrons. The van der Waals surface area contributed by atoms with Crippen LogP contribution in [0.15, 0.2) is 70.9 Å². The van der Waals surface area contributed by atoms with Crippen LogP contribution in [0.25, 0.3) is 0 Å². The molecule has 0 N–H and O–H groups in total. The molecular formula is C22H19N3O5S. The monoisotopic (exact) mass is 437 g/mol. The molecule has 0 spiro atoms. The summed E-state index contributed by atoms with van der Waals surface area (Å²) in [5.74, 6) is -0.755. The molecule has 1 amide bonds. The predicted molar refractivity (Wildman–Crippen MR) is 117 cm³/mol. The Labute approximate surface area is 182 Å². The normalized spacial score (nSPS) is 19.2.